The maximum Gasteiger partial charge on any atom is 0.324 e. The van der Waals surface area contributed by atoms with Gasteiger partial charge in [-0.2, -0.15) is 0 Å². The second-order valence-corrected chi connectivity index (χ2v) is 19.7. The zero-order chi connectivity index (χ0) is 47.6. The monoisotopic (exact) mass is 901 g/mol. The molecule has 14 heteroatoms. The van der Waals surface area contributed by atoms with E-state index in [4.69, 9.17) is 4.74 Å². The van der Waals surface area contributed by atoms with Gasteiger partial charge in [0.2, 0.25) is 17.7 Å². The maximum atomic E-state index is 14.7. The van der Waals surface area contributed by atoms with Gasteiger partial charge in [0.15, 0.2) is 0 Å². The van der Waals surface area contributed by atoms with Gasteiger partial charge in [-0.1, -0.05) is 64.6 Å². The lowest BCUT2D eigenvalue weighted by Gasteiger charge is -2.37. The number of likely N-dealkylation sites (N-methyl/N-ethyl adjacent to an activating group) is 1. The molecule has 0 radical (unpaired) electrons. The smallest absolute Gasteiger partial charge is 0.324 e. The van der Waals surface area contributed by atoms with Crippen LogP contribution in [0.2, 0.25) is 0 Å². The van der Waals surface area contributed by atoms with Crippen molar-refractivity contribution in [3.8, 4) is 22.4 Å². The maximum absolute atomic E-state index is 14.7. The number of hydrazine groups is 1. The van der Waals surface area contributed by atoms with Gasteiger partial charge in [-0.3, -0.25) is 34.0 Å². The molecular formula is C52H68N8O6. The van der Waals surface area contributed by atoms with Crippen LogP contribution in [0, 0.1) is 17.3 Å². The molecule has 4 amide bonds. The molecule has 7 rings (SSSR count). The first-order valence-corrected chi connectivity index (χ1v) is 23.5. The molecule has 5 atom stereocenters. The van der Waals surface area contributed by atoms with Crippen LogP contribution in [0.5, 0.6) is 0 Å². The molecule has 6 bridgehead atoms. The van der Waals surface area contributed by atoms with Crippen molar-refractivity contribution in [2.45, 2.75) is 104 Å². The van der Waals surface area contributed by atoms with Crippen LogP contribution in [-0.4, -0.2) is 124 Å². The van der Waals surface area contributed by atoms with Gasteiger partial charge < -0.3 is 29.3 Å². The summed E-state index contributed by atoms with van der Waals surface area (Å²) in [6.07, 6.45) is 7.35. The molecule has 0 spiro atoms. The van der Waals surface area contributed by atoms with Crippen molar-refractivity contribution in [1.82, 2.24) is 40.0 Å². The minimum Gasteiger partial charge on any atom is -0.464 e. The number of carbonyl (C=O) groups is 5. The molecule has 66 heavy (non-hydrogen) atoms. The molecule has 0 aliphatic carbocycles. The van der Waals surface area contributed by atoms with Crippen LogP contribution >= 0.6 is 0 Å². The van der Waals surface area contributed by atoms with Gasteiger partial charge in [0.25, 0.3) is 5.91 Å². The van der Waals surface area contributed by atoms with Crippen LogP contribution in [0.15, 0.2) is 73.6 Å². The number of nitrogens with zero attached hydrogens (tertiary/aromatic N) is 6. The molecule has 0 saturated carbocycles. The lowest BCUT2D eigenvalue weighted by Crippen LogP contribution is -2.62. The Hall–Kier alpha value is -5.86. The Morgan fingerprint density at radius 1 is 1.03 bits per heavy atom. The summed E-state index contributed by atoms with van der Waals surface area (Å²) in [6.45, 7) is 17.8. The molecular weight excluding hydrogens is 833 g/mol. The fourth-order valence-corrected chi connectivity index (χ4v) is 10.1. The number of likely N-dealkylation sites (tertiary alicyclic amines) is 1. The van der Waals surface area contributed by atoms with Crippen LogP contribution in [0.4, 0.5) is 0 Å². The van der Waals surface area contributed by atoms with Crippen molar-refractivity contribution in [1.29, 1.82) is 0 Å². The Balaban J connectivity index is 1.29. The molecule has 2 aromatic carbocycles. The molecule has 352 valence electrons. The van der Waals surface area contributed by atoms with E-state index in [1.807, 2.05) is 38.4 Å². The number of pyridine rings is 1. The molecule has 2 fully saturated rings. The van der Waals surface area contributed by atoms with Gasteiger partial charge in [0.1, 0.15) is 18.1 Å². The number of carbonyl (C=O) groups excluding carboxylic acids is 5. The Labute approximate surface area is 389 Å². The third-order valence-electron chi connectivity index (χ3n) is 13.8. The van der Waals surface area contributed by atoms with Crippen molar-refractivity contribution in [3.63, 3.8) is 0 Å². The van der Waals surface area contributed by atoms with E-state index in [-0.39, 0.29) is 43.3 Å². The quantitative estimate of drug-likeness (QED) is 0.141. The summed E-state index contributed by atoms with van der Waals surface area (Å²) in [6, 6.07) is 14.2. The predicted octanol–water partition coefficient (Wildman–Crippen LogP) is 6.18. The van der Waals surface area contributed by atoms with Gasteiger partial charge in [-0.05, 0) is 112 Å². The number of rotatable bonds is 10. The highest BCUT2D eigenvalue weighted by Gasteiger charge is 2.40. The van der Waals surface area contributed by atoms with Gasteiger partial charge >= 0.3 is 5.97 Å². The Kier molecular flexibility index (Phi) is 14.5. The second kappa shape index (κ2) is 19.9. The minimum absolute atomic E-state index is 0.117. The fourth-order valence-electron chi connectivity index (χ4n) is 10.1. The normalized spacial score (nSPS) is 21.0. The van der Waals surface area contributed by atoms with Gasteiger partial charge in [-0.25, -0.2) is 5.43 Å². The van der Waals surface area contributed by atoms with Crippen LogP contribution in [0.1, 0.15) is 83.5 Å². The average Bonchev–Trinajstić information content (AvgIpc) is 3.92. The molecule has 2 N–H and O–H groups in total. The van der Waals surface area contributed by atoms with E-state index < -0.39 is 47.2 Å². The van der Waals surface area contributed by atoms with E-state index in [1.165, 1.54) is 21.5 Å². The summed E-state index contributed by atoms with van der Waals surface area (Å²) in [5, 5.41) is 5.61. The average molecular weight is 901 g/mol. The van der Waals surface area contributed by atoms with Crippen LogP contribution < -0.4 is 10.7 Å². The molecule has 4 aromatic rings. The van der Waals surface area contributed by atoms with Gasteiger partial charge in [-0.15, -0.1) is 0 Å². The molecule has 0 unspecified atom stereocenters. The summed E-state index contributed by atoms with van der Waals surface area (Å²) in [5.41, 5.74) is 11.1. The molecule has 3 aliphatic heterocycles. The summed E-state index contributed by atoms with van der Waals surface area (Å²) < 4.78 is 8.52. The van der Waals surface area contributed by atoms with E-state index in [0.717, 1.165) is 51.0 Å². The summed E-state index contributed by atoms with van der Waals surface area (Å²) in [4.78, 5) is 79.3. The highest BCUT2D eigenvalue weighted by atomic mass is 16.5. The zero-order valence-electron chi connectivity index (χ0n) is 40.2. The van der Waals surface area contributed by atoms with Crippen LogP contribution in [0.25, 0.3) is 33.3 Å². The third-order valence-corrected chi connectivity index (χ3v) is 13.8. The SMILES string of the molecule is C=CC(=O)N1CC[C@H](C(=O)N(C)[C@H](C(=O)N[C@H]2Cc3cccc(c3)-c3ccc4c(c3)c(c(-c3cnccc3[C@@H](C)N(C)C)n4CC)CC(C)(C)COC(=O)[C@@H]3CCCN(N3)C2=O)C(C)C)C1. The largest absolute Gasteiger partial charge is 0.464 e. The molecule has 2 aromatic heterocycles. The van der Waals surface area contributed by atoms with Gasteiger partial charge in [0, 0.05) is 80.0 Å². The first-order chi connectivity index (χ1) is 31.4. The Bertz CT molecular complexity index is 2490. The van der Waals surface area contributed by atoms with Crippen molar-refractivity contribution in [2.75, 3.05) is 47.4 Å². The number of cyclic esters (lactones) is 1. The van der Waals surface area contributed by atoms with E-state index in [0.29, 0.717) is 38.8 Å². The summed E-state index contributed by atoms with van der Waals surface area (Å²) in [7, 11) is 5.78. The molecule has 3 aliphatic rings. The third kappa shape index (κ3) is 9.95. The van der Waals surface area contributed by atoms with E-state index in [9.17, 15) is 24.0 Å². The lowest BCUT2D eigenvalue weighted by molar-refractivity contribution is -0.155. The van der Waals surface area contributed by atoms with Gasteiger partial charge in [0.05, 0.1) is 18.2 Å². The number of hydrogen-bond acceptors (Lipinski definition) is 9. The topological polar surface area (TPSA) is 149 Å². The number of fused-ring (bicyclic) bond motifs is 6. The van der Waals surface area contributed by atoms with Crippen molar-refractivity contribution < 1.29 is 28.7 Å². The second-order valence-electron chi connectivity index (χ2n) is 19.7. The lowest BCUT2D eigenvalue weighted by atomic mass is 9.83. The number of nitrogens with one attached hydrogen (secondary N) is 2. The number of aromatic nitrogens is 2. The number of aryl methyl sites for hydroxylation is 1. The van der Waals surface area contributed by atoms with Crippen molar-refractivity contribution in [3.05, 3.63) is 90.3 Å². The number of benzene rings is 2. The Morgan fingerprint density at radius 3 is 2.50 bits per heavy atom. The van der Waals surface area contributed by atoms with E-state index in [1.54, 1.807) is 11.9 Å². The molecule has 5 heterocycles. The number of ether oxygens (including phenoxy) is 1. The highest BCUT2D eigenvalue weighted by Crippen LogP contribution is 2.42. The van der Waals surface area contributed by atoms with E-state index in [2.05, 4.69) is 110 Å². The van der Waals surface area contributed by atoms with Crippen LogP contribution in [-0.2, 0) is 48.1 Å². The first kappa shape index (κ1) is 48.1. The summed E-state index contributed by atoms with van der Waals surface area (Å²) in [5.74, 6) is -2.53. The minimum atomic E-state index is -1.04. The first-order valence-electron chi connectivity index (χ1n) is 23.5. The number of amides is 4. The predicted molar refractivity (Wildman–Crippen MR) is 257 cm³/mol. The number of hydrogen-bond donors (Lipinski definition) is 2. The van der Waals surface area contributed by atoms with Crippen LogP contribution in [0.3, 0.4) is 0 Å². The molecule has 14 nitrogen and oxygen atoms in total. The Morgan fingerprint density at radius 2 is 1.79 bits per heavy atom. The standard InChI is InChI=1S/C52H68N8O6/c1-11-45(61)58-24-21-37(30-58)49(63)57(10)46(32(3)4)48(62)54-43-26-34-15-13-16-35(25-34)36-18-19-44-39(27-36)40(47(59(44)12-2)41-29-53-22-20-38(41)33(5)56(8)9)28-52(6,7)31-66-51(65)42-17-14-23-60(55-42)50(43)64/h11,13,15-16,18-20,22,25,27,29,32-33,37,42-43,46,55H,1,12,14,17,21,23-24,26,28,30-31H2,2-10H3,(H,54,62)/t33-,37+,42+,43+,46+/m1/s1. The highest BCUT2D eigenvalue weighted by molar-refractivity contribution is 5.96. The number of esters is 1. The summed E-state index contributed by atoms with van der Waals surface area (Å²) >= 11 is 0. The van der Waals surface area contributed by atoms with Crippen molar-refractivity contribution in [2.24, 2.45) is 17.3 Å². The van der Waals surface area contributed by atoms with Crippen molar-refractivity contribution >= 4 is 40.5 Å². The van der Waals surface area contributed by atoms with E-state index >= 15 is 0 Å². The fraction of sp³-hybridized carbons (Fsp3) is 0.500. The molecule has 2 saturated heterocycles. The zero-order valence-corrected chi connectivity index (χ0v) is 40.2.